The van der Waals surface area contributed by atoms with Gasteiger partial charge in [-0.15, -0.1) is 0 Å². The van der Waals surface area contributed by atoms with Gasteiger partial charge in [0.25, 0.3) is 0 Å². The van der Waals surface area contributed by atoms with Gasteiger partial charge < -0.3 is 14.6 Å². The summed E-state index contributed by atoms with van der Waals surface area (Å²) in [5, 5.41) is 3.52. The third kappa shape index (κ3) is 4.15. The zero-order chi connectivity index (χ0) is 17.8. The fraction of sp³-hybridized carbons (Fsp3) is 0.579. The maximum absolute atomic E-state index is 5.94. The first-order chi connectivity index (χ1) is 12.8. The van der Waals surface area contributed by atoms with Gasteiger partial charge in [0.15, 0.2) is 0 Å². The Hall–Kier alpha value is -1.73. The quantitative estimate of drug-likeness (QED) is 0.834. The minimum atomic E-state index is 0.246. The van der Waals surface area contributed by atoms with Crippen molar-refractivity contribution in [3.05, 3.63) is 36.0 Å². The van der Waals surface area contributed by atoms with Crippen molar-refractivity contribution in [2.75, 3.05) is 54.4 Å². The van der Waals surface area contributed by atoms with Crippen LogP contribution in [0.15, 0.2) is 28.9 Å². The van der Waals surface area contributed by atoms with Crippen LogP contribution < -0.4 is 10.2 Å². The van der Waals surface area contributed by atoms with E-state index in [2.05, 4.69) is 43.3 Å². The minimum absolute atomic E-state index is 0.246. The fourth-order valence-electron chi connectivity index (χ4n) is 3.71. The lowest BCUT2D eigenvalue weighted by atomic mass is 10.2. The number of nitrogens with one attached hydrogen (secondary N) is 1. The summed E-state index contributed by atoms with van der Waals surface area (Å²) in [6.45, 7) is 7.18. The maximum Gasteiger partial charge on any atom is 0.134 e. The van der Waals surface area contributed by atoms with Crippen LogP contribution in [0.1, 0.15) is 30.4 Å². The monoisotopic (exact) mass is 373 g/mol. The van der Waals surface area contributed by atoms with Gasteiger partial charge in [0.05, 0.1) is 6.04 Å². The van der Waals surface area contributed by atoms with Crippen LogP contribution in [0.4, 0.5) is 11.6 Å². The molecule has 2 aliphatic heterocycles. The minimum Gasteiger partial charge on any atom is -0.465 e. The molecule has 1 atom stereocenters. The van der Waals surface area contributed by atoms with Crippen LogP contribution in [0.5, 0.6) is 0 Å². The highest BCUT2D eigenvalue weighted by molar-refractivity contribution is 7.99. The molecule has 2 aromatic heterocycles. The Labute approximate surface area is 159 Å². The molecule has 0 saturated carbocycles. The van der Waals surface area contributed by atoms with E-state index in [-0.39, 0.29) is 6.04 Å². The summed E-state index contributed by atoms with van der Waals surface area (Å²) in [4.78, 5) is 13.7. The van der Waals surface area contributed by atoms with Crippen molar-refractivity contribution in [1.82, 2.24) is 14.9 Å². The Morgan fingerprint density at radius 1 is 1.15 bits per heavy atom. The van der Waals surface area contributed by atoms with Gasteiger partial charge in [-0.1, -0.05) is 0 Å². The van der Waals surface area contributed by atoms with Crippen molar-refractivity contribution in [2.45, 2.75) is 25.8 Å². The zero-order valence-corrected chi connectivity index (χ0v) is 16.2. The molecule has 0 aromatic carbocycles. The highest BCUT2D eigenvalue weighted by atomic mass is 32.2. The van der Waals surface area contributed by atoms with Crippen LogP contribution in [0.3, 0.4) is 0 Å². The number of hydrogen-bond donors (Lipinski definition) is 1. The number of aromatic nitrogens is 2. The lowest BCUT2D eigenvalue weighted by Gasteiger charge is -2.28. The van der Waals surface area contributed by atoms with Crippen LogP contribution in [-0.4, -0.2) is 59.1 Å². The molecule has 6 nitrogen and oxygen atoms in total. The summed E-state index contributed by atoms with van der Waals surface area (Å²) in [5.74, 6) is 6.26. The predicted molar refractivity (Wildman–Crippen MR) is 107 cm³/mol. The molecule has 140 valence electrons. The predicted octanol–water partition coefficient (Wildman–Crippen LogP) is 3.18. The number of nitrogens with zero attached hydrogens (tertiary/aromatic N) is 4. The van der Waals surface area contributed by atoms with Crippen LogP contribution in [0.2, 0.25) is 0 Å². The lowest BCUT2D eigenvalue weighted by molar-refractivity contribution is 0.223. The number of thioether (sulfide) groups is 1. The largest absolute Gasteiger partial charge is 0.465 e. The SMILES string of the molecule is Cc1ccc(C(CNc2cc(N3CCSCC3)ncn2)N2CCCC2)o1. The topological polar surface area (TPSA) is 57.4 Å². The van der Waals surface area contributed by atoms with Gasteiger partial charge in [-0.2, -0.15) is 11.8 Å². The highest BCUT2D eigenvalue weighted by Crippen LogP contribution is 2.27. The number of anilines is 2. The van der Waals surface area contributed by atoms with Crippen molar-refractivity contribution in [1.29, 1.82) is 0 Å². The number of rotatable bonds is 6. The number of aryl methyl sites for hydroxylation is 1. The van der Waals surface area contributed by atoms with E-state index in [9.17, 15) is 0 Å². The normalized spacial score (nSPS) is 19.7. The van der Waals surface area contributed by atoms with Crippen molar-refractivity contribution in [2.24, 2.45) is 0 Å². The van der Waals surface area contributed by atoms with Gasteiger partial charge in [-0.05, 0) is 45.0 Å². The van der Waals surface area contributed by atoms with E-state index in [1.54, 1.807) is 6.33 Å². The van der Waals surface area contributed by atoms with Crippen LogP contribution >= 0.6 is 11.8 Å². The first-order valence-corrected chi connectivity index (χ1v) is 10.6. The van der Waals surface area contributed by atoms with Gasteiger partial charge in [0.1, 0.15) is 29.5 Å². The second kappa shape index (κ2) is 8.31. The van der Waals surface area contributed by atoms with E-state index in [4.69, 9.17) is 4.42 Å². The van der Waals surface area contributed by atoms with E-state index < -0.39 is 0 Å². The number of likely N-dealkylation sites (tertiary alicyclic amines) is 1. The van der Waals surface area contributed by atoms with Gasteiger partial charge >= 0.3 is 0 Å². The molecule has 7 heteroatoms. The molecule has 4 rings (SSSR count). The molecule has 1 unspecified atom stereocenters. The average Bonchev–Trinajstić information content (AvgIpc) is 3.36. The van der Waals surface area contributed by atoms with E-state index in [1.165, 1.54) is 24.3 Å². The number of furan rings is 1. The molecule has 0 spiro atoms. The van der Waals surface area contributed by atoms with E-state index in [0.717, 1.165) is 55.9 Å². The van der Waals surface area contributed by atoms with Gasteiger partial charge in [0.2, 0.25) is 0 Å². The van der Waals surface area contributed by atoms with E-state index in [0.29, 0.717) is 0 Å². The van der Waals surface area contributed by atoms with Gasteiger partial charge in [-0.25, -0.2) is 9.97 Å². The van der Waals surface area contributed by atoms with Crippen molar-refractivity contribution in [3.8, 4) is 0 Å². The third-order valence-electron chi connectivity index (χ3n) is 5.14. The molecule has 26 heavy (non-hydrogen) atoms. The summed E-state index contributed by atoms with van der Waals surface area (Å²) in [6, 6.07) is 6.48. The summed E-state index contributed by atoms with van der Waals surface area (Å²) >= 11 is 2.01. The molecule has 2 aliphatic rings. The smallest absolute Gasteiger partial charge is 0.134 e. The summed E-state index contributed by atoms with van der Waals surface area (Å²) < 4.78 is 5.94. The summed E-state index contributed by atoms with van der Waals surface area (Å²) in [6.07, 6.45) is 4.20. The molecule has 2 saturated heterocycles. The van der Waals surface area contributed by atoms with E-state index in [1.807, 2.05) is 18.7 Å². The first kappa shape index (κ1) is 17.7. The van der Waals surface area contributed by atoms with Gasteiger partial charge in [0, 0.05) is 37.2 Å². The Bertz CT molecular complexity index is 709. The molecular weight excluding hydrogens is 346 g/mol. The lowest BCUT2D eigenvalue weighted by Crippen LogP contribution is -2.33. The molecule has 0 bridgehead atoms. The van der Waals surface area contributed by atoms with Gasteiger partial charge in [-0.3, -0.25) is 4.90 Å². The standard InChI is InChI=1S/C19H27N5OS/c1-15-4-5-17(25-15)16(23-6-2-3-7-23)13-20-18-12-19(22-14-21-18)24-8-10-26-11-9-24/h4-5,12,14,16H,2-3,6-11,13H2,1H3,(H,20,21,22). The third-order valence-corrected chi connectivity index (χ3v) is 6.08. The van der Waals surface area contributed by atoms with E-state index >= 15 is 0 Å². The molecule has 0 amide bonds. The molecule has 1 N–H and O–H groups in total. The first-order valence-electron chi connectivity index (χ1n) is 9.48. The molecule has 2 fully saturated rings. The Morgan fingerprint density at radius 3 is 2.69 bits per heavy atom. The zero-order valence-electron chi connectivity index (χ0n) is 15.4. The Morgan fingerprint density at radius 2 is 1.96 bits per heavy atom. The Kier molecular flexibility index (Phi) is 5.65. The molecule has 4 heterocycles. The second-order valence-corrected chi connectivity index (χ2v) is 8.17. The van der Waals surface area contributed by atoms with Crippen LogP contribution in [-0.2, 0) is 0 Å². The summed E-state index contributed by atoms with van der Waals surface area (Å²) in [7, 11) is 0. The second-order valence-electron chi connectivity index (χ2n) is 6.95. The maximum atomic E-state index is 5.94. The molecule has 2 aromatic rings. The highest BCUT2D eigenvalue weighted by Gasteiger charge is 2.26. The van der Waals surface area contributed by atoms with Crippen molar-refractivity contribution in [3.63, 3.8) is 0 Å². The van der Waals surface area contributed by atoms with Crippen molar-refractivity contribution >= 4 is 23.4 Å². The number of hydrogen-bond acceptors (Lipinski definition) is 7. The van der Waals surface area contributed by atoms with Crippen LogP contribution in [0, 0.1) is 6.92 Å². The molecule has 0 radical (unpaired) electrons. The Balaban J connectivity index is 1.45. The fourth-order valence-corrected chi connectivity index (χ4v) is 4.61. The summed E-state index contributed by atoms with van der Waals surface area (Å²) in [5.41, 5.74) is 0. The molecular formula is C19H27N5OS. The van der Waals surface area contributed by atoms with Crippen molar-refractivity contribution < 1.29 is 4.42 Å². The average molecular weight is 374 g/mol. The van der Waals surface area contributed by atoms with Crippen LogP contribution in [0.25, 0.3) is 0 Å². The molecule has 0 aliphatic carbocycles.